The van der Waals surface area contributed by atoms with Gasteiger partial charge in [-0.1, -0.05) is 11.6 Å². The summed E-state index contributed by atoms with van der Waals surface area (Å²) in [4.78, 5) is 13.6. The molecule has 0 aromatic heterocycles. The van der Waals surface area contributed by atoms with E-state index in [1.54, 1.807) is 18.2 Å². The molecule has 0 unspecified atom stereocenters. The second-order valence-corrected chi connectivity index (χ2v) is 3.12. The molecule has 0 saturated heterocycles. The minimum absolute atomic E-state index is 0.462. The first-order valence-electron chi connectivity index (χ1n) is 4.15. The van der Waals surface area contributed by atoms with Gasteiger partial charge in [-0.3, -0.25) is 0 Å². The fraction of sp³-hybridized carbons (Fsp3) is 0.300. The van der Waals surface area contributed by atoms with E-state index in [9.17, 15) is 4.79 Å². The maximum Gasteiger partial charge on any atom is 0.240 e. The summed E-state index contributed by atoms with van der Waals surface area (Å²) in [6.45, 7) is 0. The van der Waals surface area contributed by atoms with Gasteiger partial charge in [0.05, 0.1) is 5.69 Å². The van der Waals surface area contributed by atoms with Crippen molar-refractivity contribution in [3.8, 4) is 0 Å². The molecule has 0 radical (unpaired) electrons. The van der Waals surface area contributed by atoms with Gasteiger partial charge in [-0.2, -0.15) is 4.99 Å². The molecule has 0 spiro atoms. The van der Waals surface area contributed by atoms with Crippen LogP contribution in [0.3, 0.4) is 0 Å². The highest BCUT2D eigenvalue weighted by Crippen LogP contribution is 2.29. The second-order valence-electron chi connectivity index (χ2n) is 2.71. The van der Waals surface area contributed by atoms with Crippen LogP contribution in [0.15, 0.2) is 23.2 Å². The van der Waals surface area contributed by atoms with E-state index in [0.29, 0.717) is 16.3 Å². The van der Waals surface area contributed by atoms with Gasteiger partial charge >= 0.3 is 0 Å². The number of hydrogen-bond acceptors (Lipinski definition) is 4. The van der Waals surface area contributed by atoms with Crippen molar-refractivity contribution < 1.29 is 14.3 Å². The highest BCUT2D eigenvalue weighted by molar-refractivity contribution is 6.31. The molecule has 0 saturated carbocycles. The number of methoxy groups -OCH3 is 2. The highest BCUT2D eigenvalue weighted by atomic mass is 35.5. The molecule has 80 valence electrons. The molecule has 0 amide bonds. The van der Waals surface area contributed by atoms with Crippen molar-refractivity contribution >= 4 is 23.4 Å². The lowest BCUT2D eigenvalue weighted by Gasteiger charge is -2.15. The van der Waals surface area contributed by atoms with Gasteiger partial charge in [-0.25, -0.2) is 4.79 Å². The fourth-order valence-electron chi connectivity index (χ4n) is 1.18. The van der Waals surface area contributed by atoms with E-state index < -0.39 is 6.29 Å². The number of isocyanates is 1. The highest BCUT2D eigenvalue weighted by Gasteiger charge is 2.13. The molecule has 0 fully saturated rings. The maximum atomic E-state index is 10.1. The predicted molar refractivity (Wildman–Crippen MR) is 56.0 cm³/mol. The predicted octanol–water partition coefficient (Wildman–Crippen LogP) is 2.60. The second kappa shape index (κ2) is 5.63. The molecule has 0 heterocycles. The lowest BCUT2D eigenvalue weighted by atomic mass is 10.2. The van der Waals surface area contributed by atoms with Crippen LogP contribution in [-0.4, -0.2) is 20.3 Å². The van der Waals surface area contributed by atoms with Gasteiger partial charge in [0.2, 0.25) is 6.08 Å². The fourth-order valence-corrected chi connectivity index (χ4v) is 1.39. The van der Waals surface area contributed by atoms with Crippen molar-refractivity contribution in [1.82, 2.24) is 0 Å². The SMILES string of the molecule is COC(OC)c1cc(N=C=O)ccc1Cl. The Morgan fingerprint density at radius 3 is 2.60 bits per heavy atom. The first-order valence-corrected chi connectivity index (χ1v) is 4.53. The molecular formula is C10H10ClNO3. The lowest BCUT2D eigenvalue weighted by Crippen LogP contribution is -2.04. The quantitative estimate of drug-likeness (QED) is 0.451. The molecule has 15 heavy (non-hydrogen) atoms. The molecule has 0 N–H and O–H groups in total. The van der Waals surface area contributed by atoms with Crippen LogP contribution in [0.5, 0.6) is 0 Å². The van der Waals surface area contributed by atoms with Crippen LogP contribution < -0.4 is 0 Å². The van der Waals surface area contributed by atoms with E-state index in [2.05, 4.69) is 4.99 Å². The number of rotatable bonds is 4. The number of halogens is 1. The zero-order valence-electron chi connectivity index (χ0n) is 8.36. The van der Waals surface area contributed by atoms with Crippen LogP contribution in [0.4, 0.5) is 5.69 Å². The van der Waals surface area contributed by atoms with Crippen LogP contribution in [0, 0.1) is 0 Å². The summed E-state index contributed by atoms with van der Waals surface area (Å²) in [6.07, 6.45) is 0.886. The molecule has 4 nitrogen and oxygen atoms in total. The molecular weight excluding hydrogens is 218 g/mol. The van der Waals surface area contributed by atoms with Crippen molar-refractivity contribution in [3.63, 3.8) is 0 Å². The Morgan fingerprint density at radius 1 is 1.40 bits per heavy atom. The average Bonchev–Trinajstić information content (AvgIpc) is 2.24. The smallest absolute Gasteiger partial charge is 0.240 e. The average molecular weight is 228 g/mol. The van der Waals surface area contributed by atoms with E-state index in [1.165, 1.54) is 20.3 Å². The lowest BCUT2D eigenvalue weighted by molar-refractivity contribution is -0.105. The summed E-state index contributed by atoms with van der Waals surface area (Å²) in [5.41, 5.74) is 1.08. The van der Waals surface area contributed by atoms with Gasteiger partial charge in [0.1, 0.15) is 0 Å². The Morgan fingerprint density at radius 2 is 2.07 bits per heavy atom. The van der Waals surface area contributed by atoms with E-state index in [1.807, 2.05) is 0 Å². The van der Waals surface area contributed by atoms with Gasteiger partial charge in [0.25, 0.3) is 0 Å². The van der Waals surface area contributed by atoms with Gasteiger partial charge in [0.15, 0.2) is 6.29 Å². The van der Waals surface area contributed by atoms with E-state index in [4.69, 9.17) is 21.1 Å². The summed E-state index contributed by atoms with van der Waals surface area (Å²) in [5, 5.41) is 0.494. The molecule has 0 aliphatic rings. The number of nitrogens with zero attached hydrogens (tertiary/aromatic N) is 1. The van der Waals surface area contributed by atoms with Crippen molar-refractivity contribution in [2.45, 2.75) is 6.29 Å². The van der Waals surface area contributed by atoms with Crippen LogP contribution in [-0.2, 0) is 14.3 Å². The first kappa shape index (κ1) is 11.9. The van der Waals surface area contributed by atoms with Crippen LogP contribution >= 0.6 is 11.6 Å². The third kappa shape index (κ3) is 2.88. The van der Waals surface area contributed by atoms with Crippen molar-refractivity contribution in [2.24, 2.45) is 4.99 Å². The minimum Gasteiger partial charge on any atom is -0.352 e. The number of benzene rings is 1. The number of hydrogen-bond donors (Lipinski definition) is 0. The summed E-state index contributed by atoms with van der Waals surface area (Å²) < 4.78 is 10.1. The van der Waals surface area contributed by atoms with Crippen LogP contribution in [0.2, 0.25) is 5.02 Å². The zero-order chi connectivity index (χ0) is 11.3. The van der Waals surface area contributed by atoms with Crippen LogP contribution in [0.1, 0.15) is 11.9 Å². The van der Waals surface area contributed by atoms with Crippen LogP contribution in [0.25, 0.3) is 0 Å². The Hall–Kier alpha value is -1.19. The number of aliphatic imine (C=N–C) groups is 1. The van der Waals surface area contributed by atoms with Crippen molar-refractivity contribution in [3.05, 3.63) is 28.8 Å². The normalized spacial score (nSPS) is 10.1. The van der Waals surface area contributed by atoms with Gasteiger partial charge in [-0.05, 0) is 18.2 Å². The van der Waals surface area contributed by atoms with E-state index in [-0.39, 0.29) is 0 Å². The molecule has 0 bridgehead atoms. The van der Waals surface area contributed by atoms with E-state index >= 15 is 0 Å². The maximum absolute atomic E-state index is 10.1. The summed E-state index contributed by atoms with van der Waals surface area (Å²) in [6, 6.07) is 4.85. The molecule has 1 aromatic rings. The minimum atomic E-state index is -0.570. The molecule has 0 aliphatic carbocycles. The van der Waals surface area contributed by atoms with Gasteiger partial charge in [0, 0.05) is 24.8 Å². The molecule has 1 aromatic carbocycles. The molecule has 0 atom stereocenters. The third-order valence-electron chi connectivity index (χ3n) is 1.84. The first-order chi connectivity index (χ1) is 7.22. The monoisotopic (exact) mass is 227 g/mol. The Kier molecular flexibility index (Phi) is 4.46. The summed E-state index contributed by atoms with van der Waals surface area (Å²) >= 11 is 5.95. The largest absolute Gasteiger partial charge is 0.352 e. The summed E-state index contributed by atoms with van der Waals surface area (Å²) in [5.74, 6) is 0. The Bertz CT molecular complexity index is 384. The Balaban J connectivity index is 3.14. The standard InChI is InChI=1S/C10H10ClNO3/c1-14-10(15-2)8-5-7(12-6-13)3-4-9(8)11/h3-5,10H,1-2H3. The zero-order valence-corrected chi connectivity index (χ0v) is 9.12. The third-order valence-corrected chi connectivity index (χ3v) is 2.18. The topological polar surface area (TPSA) is 47.9 Å². The molecule has 5 heteroatoms. The summed E-state index contributed by atoms with van der Waals surface area (Å²) in [7, 11) is 3.00. The number of ether oxygens (including phenoxy) is 2. The van der Waals surface area contributed by atoms with Crippen molar-refractivity contribution in [2.75, 3.05) is 14.2 Å². The molecule has 0 aliphatic heterocycles. The van der Waals surface area contributed by atoms with Gasteiger partial charge in [-0.15, -0.1) is 0 Å². The number of carbonyl (C=O) groups excluding carboxylic acids is 1. The van der Waals surface area contributed by atoms with E-state index in [0.717, 1.165) is 0 Å². The Labute approximate surface area is 92.5 Å². The van der Waals surface area contributed by atoms with Gasteiger partial charge < -0.3 is 9.47 Å². The molecule has 1 rings (SSSR count). The van der Waals surface area contributed by atoms with Crippen molar-refractivity contribution in [1.29, 1.82) is 0 Å².